The molecule has 1 aromatic carbocycles. The number of amides is 1. The Labute approximate surface area is 122 Å². The predicted molar refractivity (Wildman–Crippen MR) is 73.2 cm³/mol. The minimum Gasteiger partial charge on any atom is -0.477 e. The summed E-state index contributed by atoms with van der Waals surface area (Å²) < 4.78 is 13.9. The Morgan fingerprint density at radius 3 is 2.67 bits per heavy atom. The van der Waals surface area contributed by atoms with E-state index < -0.39 is 23.5 Å². The summed E-state index contributed by atoms with van der Waals surface area (Å²) in [6.07, 6.45) is 0. The lowest BCUT2D eigenvalue weighted by molar-refractivity contribution is -0.114. The molecule has 0 atom stereocenters. The van der Waals surface area contributed by atoms with Crippen molar-refractivity contribution in [3.8, 4) is 0 Å². The first kappa shape index (κ1) is 13.4. The molecule has 1 aromatic heterocycles. The number of ketones is 1. The molecular formula is C14H8FNO4S. The van der Waals surface area contributed by atoms with Gasteiger partial charge < -0.3 is 5.11 Å². The van der Waals surface area contributed by atoms with Gasteiger partial charge in [-0.15, -0.1) is 11.3 Å². The van der Waals surface area contributed by atoms with Crippen molar-refractivity contribution in [2.24, 2.45) is 0 Å². The van der Waals surface area contributed by atoms with Crippen LogP contribution in [0.15, 0.2) is 30.3 Å². The number of hydrogen-bond acceptors (Lipinski definition) is 4. The number of fused-ring (bicyclic) bond motifs is 1. The predicted octanol–water partition coefficient (Wildman–Crippen LogP) is 2.31. The van der Waals surface area contributed by atoms with E-state index in [4.69, 9.17) is 5.11 Å². The molecule has 0 saturated carbocycles. The number of carboxylic acid groups (broad SMARTS) is 1. The highest BCUT2D eigenvalue weighted by atomic mass is 32.1. The number of halogens is 1. The van der Waals surface area contributed by atoms with E-state index in [1.54, 1.807) is 6.07 Å². The molecule has 1 aliphatic rings. The van der Waals surface area contributed by atoms with E-state index in [1.807, 2.05) is 0 Å². The summed E-state index contributed by atoms with van der Waals surface area (Å²) in [7, 11) is 0. The molecule has 0 bridgehead atoms. The molecule has 1 N–H and O–H groups in total. The number of benzene rings is 1. The molecule has 0 fully saturated rings. The van der Waals surface area contributed by atoms with Crippen molar-refractivity contribution in [1.29, 1.82) is 0 Å². The number of rotatable bonds is 3. The van der Waals surface area contributed by atoms with Crippen molar-refractivity contribution in [2.75, 3.05) is 4.90 Å². The van der Waals surface area contributed by atoms with Crippen LogP contribution in [-0.4, -0.2) is 22.8 Å². The average molecular weight is 305 g/mol. The fraction of sp³-hybridized carbons (Fsp3) is 0.0714. The molecule has 0 unspecified atom stereocenters. The number of aromatic carboxylic acids is 1. The Kier molecular flexibility index (Phi) is 3.06. The summed E-state index contributed by atoms with van der Waals surface area (Å²) in [4.78, 5) is 36.3. The van der Waals surface area contributed by atoms with Gasteiger partial charge in [-0.25, -0.2) is 9.18 Å². The molecule has 7 heteroatoms. The second kappa shape index (κ2) is 4.78. The minimum atomic E-state index is -1.07. The molecule has 0 aliphatic carbocycles. The molecule has 21 heavy (non-hydrogen) atoms. The van der Waals surface area contributed by atoms with Gasteiger partial charge in [-0.2, -0.15) is 0 Å². The van der Waals surface area contributed by atoms with Crippen LogP contribution in [0.3, 0.4) is 0 Å². The third-order valence-corrected chi connectivity index (χ3v) is 4.19. The highest BCUT2D eigenvalue weighted by molar-refractivity contribution is 7.13. The normalized spacial score (nSPS) is 13.7. The molecule has 0 radical (unpaired) electrons. The zero-order valence-electron chi connectivity index (χ0n) is 10.5. The molecule has 106 valence electrons. The van der Waals surface area contributed by atoms with Crippen LogP contribution in [0.2, 0.25) is 0 Å². The van der Waals surface area contributed by atoms with Gasteiger partial charge in [0.25, 0.3) is 11.7 Å². The number of anilines is 1. The van der Waals surface area contributed by atoms with Gasteiger partial charge in [-0.3, -0.25) is 14.5 Å². The lowest BCUT2D eigenvalue weighted by atomic mass is 10.1. The van der Waals surface area contributed by atoms with Gasteiger partial charge in [0.1, 0.15) is 10.7 Å². The third-order valence-electron chi connectivity index (χ3n) is 3.13. The van der Waals surface area contributed by atoms with Crippen molar-refractivity contribution in [3.63, 3.8) is 0 Å². The second-order valence-electron chi connectivity index (χ2n) is 4.43. The maximum Gasteiger partial charge on any atom is 0.345 e. The molecular weight excluding hydrogens is 297 g/mol. The van der Waals surface area contributed by atoms with Crippen LogP contribution in [-0.2, 0) is 11.3 Å². The molecule has 2 aromatic rings. The van der Waals surface area contributed by atoms with Gasteiger partial charge in [-0.1, -0.05) is 6.07 Å². The Morgan fingerprint density at radius 1 is 1.24 bits per heavy atom. The lowest BCUT2D eigenvalue weighted by Gasteiger charge is -2.15. The summed E-state index contributed by atoms with van der Waals surface area (Å²) in [6.45, 7) is -0.0313. The number of hydrogen-bond donors (Lipinski definition) is 1. The molecule has 0 spiro atoms. The van der Waals surface area contributed by atoms with Crippen LogP contribution in [0.25, 0.3) is 0 Å². The van der Waals surface area contributed by atoms with E-state index in [0.717, 1.165) is 16.2 Å². The van der Waals surface area contributed by atoms with Crippen LogP contribution in [0, 0.1) is 5.82 Å². The molecule has 1 amide bonds. The largest absolute Gasteiger partial charge is 0.477 e. The van der Waals surface area contributed by atoms with E-state index in [0.29, 0.717) is 4.88 Å². The van der Waals surface area contributed by atoms with Crippen molar-refractivity contribution in [2.45, 2.75) is 6.54 Å². The first-order valence-corrected chi connectivity index (χ1v) is 6.77. The Balaban J connectivity index is 1.98. The number of nitrogens with zero attached hydrogens (tertiary/aromatic N) is 1. The van der Waals surface area contributed by atoms with Crippen LogP contribution < -0.4 is 4.90 Å². The monoisotopic (exact) mass is 305 g/mol. The quantitative estimate of drug-likeness (QED) is 0.883. The van der Waals surface area contributed by atoms with Gasteiger partial charge in [0.15, 0.2) is 0 Å². The number of carbonyl (C=O) groups excluding carboxylic acids is 2. The topological polar surface area (TPSA) is 74.7 Å². The SMILES string of the molecule is O=C(O)c1ccc(CN2C(=O)C(=O)c3cccc(F)c32)s1. The number of para-hydroxylation sites is 1. The Hall–Kier alpha value is -2.54. The highest BCUT2D eigenvalue weighted by Crippen LogP contribution is 2.33. The summed E-state index contributed by atoms with van der Waals surface area (Å²) in [5, 5.41) is 8.87. The fourth-order valence-corrected chi connectivity index (χ4v) is 3.03. The molecule has 3 rings (SSSR count). The van der Waals surface area contributed by atoms with Gasteiger partial charge in [-0.05, 0) is 24.3 Å². The second-order valence-corrected chi connectivity index (χ2v) is 5.60. The van der Waals surface area contributed by atoms with Gasteiger partial charge in [0.05, 0.1) is 17.8 Å². The number of carbonyl (C=O) groups is 3. The summed E-state index contributed by atoms with van der Waals surface area (Å²) >= 11 is 0.984. The van der Waals surface area contributed by atoms with Gasteiger partial charge >= 0.3 is 5.97 Å². The van der Waals surface area contributed by atoms with E-state index in [1.165, 1.54) is 24.3 Å². The summed E-state index contributed by atoms with van der Waals surface area (Å²) in [6, 6.07) is 6.90. The van der Waals surface area contributed by atoms with Crippen LogP contribution >= 0.6 is 11.3 Å². The number of carboxylic acids is 1. The molecule has 2 heterocycles. The Morgan fingerprint density at radius 2 is 2.00 bits per heavy atom. The van der Waals surface area contributed by atoms with Crippen molar-refractivity contribution < 1.29 is 23.9 Å². The van der Waals surface area contributed by atoms with E-state index >= 15 is 0 Å². The molecule has 5 nitrogen and oxygen atoms in total. The number of thiophene rings is 1. The molecule has 1 aliphatic heterocycles. The fourth-order valence-electron chi connectivity index (χ4n) is 2.20. The van der Waals surface area contributed by atoms with Crippen molar-refractivity contribution in [3.05, 3.63) is 51.5 Å². The molecule has 0 saturated heterocycles. The minimum absolute atomic E-state index is 0.0313. The van der Waals surface area contributed by atoms with E-state index in [2.05, 4.69) is 0 Å². The third kappa shape index (κ3) is 2.11. The zero-order valence-corrected chi connectivity index (χ0v) is 11.3. The summed E-state index contributed by atoms with van der Waals surface area (Å²) in [5.41, 5.74) is -0.00668. The Bertz CT molecular complexity index is 783. The lowest BCUT2D eigenvalue weighted by Crippen LogP contribution is -2.29. The average Bonchev–Trinajstić information content (AvgIpc) is 3.00. The van der Waals surface area contributed by atoms with E-state index in [9.17, 15) is 18.8 Å². The number of Topliss-reactive ketones (excluding diaryl/α,β-unsaturated/α-hetero) is 1. The maximum atomic E-state index is 13.9. The van der Waals surface area contributed by atoms with Crippen molar-refractivity contribution >= 4 is 34.7 Å². The van der Waals surface area contributed by atoms with Gasteiger partial charge in [0.2, 0.25) is 0 Å². The highest BCUT2D eigenvalue weighted by Gasteiger charge is 2.38. The van der Waals surface area contributed by atoms with Crippen LogP contribution in [0.4, 0.5) is 10.1 Å². The zero-order chi connectivity index (χ0) is 15.1. The first-order valence-electron chi connectivity index (χ1n) is 5.95. The van der Waals surface area contributed by atoms with Crippen molar-refractivity contribution in [1.82, 2.24) is 0 Å². The smallest absolute Gasteiger partial charge is 0.345 e. The van der Waals surface area contributed by atoms with E-state index in [-0.39, 0.29) is 22.7 Å². The van der Waals surface area contributed by atoms with Crippen LogP contribution in [0.5, 0.6) is 0 Å². The first-order chi connectivity index (χ1) is 9.99. The van der Waals surface area contributed by atoms with Gasteiger partial charge in [0, 0.05) is 4.88 Å². The maximum absolute atomic E-state index is 13.9. The van der Waals surface area contributed by atoms with Crippen LogP contribution in [0.1, 0.15) is 24.9 Å². The standard InChI is InChI=1S/C14H8FNO4S/c15-9-3-1-2-8-11(9)16(13(18)12(8)17)6-7-4-5-10(21-7)14(19)20/h1-5H,6H2,(H,19,20). The summed E-state index contributed by atoms with van der Waals surface area (Å²) in [5.74, 6) is -3.27.